The molecule has 1 N–H and O–H groups in total. The molecule has 2 heterocycles. The summed E-state index contributed by atoms with van der Waals surface area (Å²) in [6.45, 7) is 7.55. The van der Waals surface area contributed by atoms with Gasteiger partial charge in [0.1, 0.15) is 5.82 Å². The molecule has 0 radical (unpaired) electrons. The van der Waals surface area contributed by atoms with Crippen LogP contribution in [0.2, 0.25) is 0 Å². The number of nitrogens with one attached hydrogen (secondary N) is 1. The molecule has 2 aromatic carbocycles. The van der Waals surface area contributed by atoms with Crippen LogP contribution in [0.3, 0.4) is 0 Å². The third-order valence-corrected chi connectivity index (χ3v) is 5.87. The van der Waals surface area contributed by atoms with E-state index in [1.54, 1.807) is 12.1 Å². The molecule has 0 bridgehead atoms. The lowest BCUT2D eigenvalue weighted by atomic mass is 9.95. The summed E-state index contributed by atoms with van der Waals surface area (Å²) in [6.07, 6.45) is 0.687. The number of benzene rings is 2. The lowest BCUT2D eigenvalue weighted by molar-refractivity contribution is -0.125. The van der Waals surface area contributed by atoms with E-state index in [0.717, 1.165) is 29.0 Å². The van der Waals surface area contributed by atoms with Gasteiger partial charge in [-0.2, -0.15) is 0 Å². The van der Waals surface area contributed by atoms with Gasteiger partial charge < -0.3 is 19.5 Å². The van der Waals surface area contributed by atoms with E-state index in [4.69, 9.17) is 14.2 Å². The fourth-order valence-corrected chi connectivity index (χ4v) is 4.16. The SMILES string of the molecule is CC(C)C(NC(=O)CN1CCOC(c2ccc(F)cc2)C1)c1ccc2c(c1)OCCCO2. The Bertz CT molecular complexity index is 919. The minimum atomic E-state index is -0.268. The first-order chi connectivity index (χ1) is 15.5. The van der Waals surface area contributed by atoms with Gasteiger partial charge in [-0.25, -0.2) is 4.39 Å². The van der Waals surface area contributed by atoms with Crippen molar-refractivity contribution in [3.63, 3.8) is 0 Å². The second kappa shape index (κ2) is 10.3. The highest BCUT2D eigenvalue weighted by Crippen LogP contribution is 2.34. The highest BCUT2D eigenvalue weighted by atomic mass is 19.1. The number of hydrogen-bond donors (Lipinski definition) is 1. The minimum absolute atomic E-state index is 0.0319. The zero-order chi connectivity index (χ0) is 22.5. The number of morpholine rings is 1. The Hall–Kier alpha value is -2.64. The zero-order valence-electron chi connectivity index (χ0n) is 18.7. The molecule has 0 saturated carbocycles. The Morgan fingerprint density at radius 2 is 1.84 bits per heavy atom. The summed E-state index contributed by atoms with van der Waals surface area (Å²) in [5, 5.41) is 3.20. The largest absolute Gasteiger partial charge is 0.490 e. The molecule has 4 rings (SSSR count). The Kier molecular flexibility index (Phi) is 7.27. The maximum Gasteiger partial charge on any atom is 0.234 e. The molecule has 2 atom stereocenters. The van der Waals surface area contributed by atoms with Gasteiger partial charge in [0.05, 0.1) is 38.5 Å². The Balaban J connectivity index is 1.39. The number of carbonyl (C=O) groups is 1. The van der Waals surface area contributed by atoms with Crippen LogP contribution in [0.5, 0.6) is 11.5 Å². The fourth-order valence-electron chi connectivity index (χ4n) is 4.16. The van der Waals surface area contributed by atoms with Crippen LogP contribution < -0.4 is 14.8 Å². The van der Waals surface area contributed by atoms with Gasteiger partial charge in [-0.15, -0.1) is 0 Å². The van der Waals surface area contributed by atoms with Gasteiger partial charge in [-0.05, 0) is 41.3 Å². The Labute approximate surface area is 188 Å². The first-order valence-corrected chi connectivity index (χ1v) is 11.3. The molecule has 1 saturated heterocycles. The van der Waals surface area contributed by atoms with Crippen LogP contribution >= 0.6 is 0 Å². The van der Waals surface area contributed by atoms with E-state index in [-0.39, 0.29) is 36.3 Å². The van der Waals surface area contributed by atoms with Crippen molar-refractivity contribution in [1.82, 2.24) is 10.2 Å². The molecular formula is C25H31FN2O4. The first kappa shape index (κ1) is 22.6. The van der Waals surface area contributed by atoms with Crippen molar-refractivity contribution in [2.75, 3.05) is 39.5 Å². The molecule has 2 unspecified atom stereocenters. The van der Waals surface area contributed by atoms with E-state index in [2.05, 4.69) is 24.1 Å². The molecule has 1 amide bonds. The lowest BCUT2D eigenvalue weighted by Gasteiger charge is -2.33. The summed E-state index contributed by atoms with van der Waals surface area (Å²) < 4.78 is 30.6. The van der Waals surface area contributed by atoms with E-state index in [1.165, 1.54) is 12.1 Å². The van der Waals surface area contributed by atoms with Crippen molar-refractivity contribution in [2.24, 2.45) is 5.92 Å². The number of halogens is 1. The molecule has 32 heavy (non-hydrogen) atoms. The molecule has 2 aliphatic rings. The fraction of sp³-hybridized carbons (Fsp3) is 0.480. The quantitative estimate of drug-likeness (QED) is 0.736. The van der Waals surface area contributed by atoms with Crippen molar-refractivity contribution in [1.29, 1.82) is 0 Å². The van der Waals surface area contributed by atoms with Crippen LogP contribution in [-0.4, -0.2) is 50.3 Å². The first-order valence-electron chi connectivity index (χ1n) is 11.3. The van der Waals surface area contributed by atoms with Crippen LogP contribution in [-0.2, 0) is 9.53 Å². The lowest BCUT2D eigenvalue weighted by Crippen LogP contribution is -2.45. The molecule has 6 nitrogen and oxygen atoms in total. The number of amides is 1. The van der Waals surface area contributed by atoms with Crippen molar-refractivity contribution < 1.29 is 23.4 Å². The molecule has 172 valence electrons. The zero-order valence-corrected chi connectivity index (χ0v) is 18.7. The van der Waals surface area contributed by atoms with Crippen molar-refractivity contribution >= 4 is 5.91 Å². The van der Waals surface area contributed by atoms with Gasteiger partial charge in [-0.3, -0.25) is 9.69 Å². The molecule has 0 aliphatic carbocycles. The van der Waals surface area contributed by atoms with Crippen LogP contribution in [0.4, 0.5) is 4.39 Å². The van der Waals surface area contributed by atoms with Crippen molar-refractivity contribution in [2.45, 2.75) is 32.4 Å². The molecule has 0 aromatic heterocycles. The minimum Gasteiger partial charge on any atom is -0.490 e. The van der Waals surface area contributed by atoms with E-state index in [9.17, 15) is 9.18 Å². The summed E-state index contributed by atoms with van der Waals surface area (Å²) >= 11 is 0. The van der Waals surface area contributed by atoms with Crippen LogP contribution in [0.25, 0.3) is 0 Å². The van der Waals surface area contributed by atoms with Crippen LogP contribution in [0, 0.1) is 11.7 Å². The second-order valence-corrected chi connectivity index (χ2v) is 8.69. The van der Waals surface area contributed by atoms with Crippen molar-refractivity contribution in [3.05, 3.63) is 59.4 Å². The van der Waals surface area contributed by atoms with Crippen LogP contribution in [0.15, 0.2) is 42.5 Å². The molecule has 2 aromatic rings. The average molecular weight is 443 g/mol. The van der Waals surface area contributed by atoms with Gasteiger partial charge in [0, 0.05) is 19.5 Å². The Morgan fingerprint density at radius 3 is 2.59 bits per heavy atom. The average Bonchev–Trinajstić information content (AvgIpc) is 3.03. The molecule has 0 spiro atoms. The molecule has 2 aliphatic heterocycles. The third kappa shape index (κ3) is 5.58. The summed E-state index contributed by atoms with van der Waals surface area (Å²) in [7, 11) is 0. The number of carbonyl (C=O) groups excluding carboxylic acids is 1. The van der Waals surface area contributed by atoms with E-state index in [0.29, 0.717) is 32.9 Å². The number of nitrogens with zero attached hydrogens (tertiary/aromatic N) is 1. The van der Waals surface area contributed by atoms with Gasteiger partial charge in [-0.1, -0.05) is 32.0 Å². The monoisotopic (exact) mass is 442 g/mol. The maximum absolute atomic E-state index is 13.2. The number of hydrogen-bond acceptors (Lipinski definition) is 5. The third-order valence-electron chi connectivity index (χ3n) is 5.87. The highest BCUT2D eigenvalue weighted by Gasteiger charge is 2.26. The summed E-state index contributed by atoms with van der Waals surface area (Å²) in [5.74, 6) is 1.39. The normalized spacial score (nSPS) is 19.9. The van der Waals surface area contributed by atoms with E-state index in [1.807, 2.05) is 18.2 Å². The van der Waals surface area contributed by atoms with E-state index < -0.39 is 0 Å². The summed E-state index contributed by atoms with van der Waals surface area (Å²) in [4.78, 5) is 15.0. The highest BCUT2D eigenvalue weighted by molar-refractivity contribution is 5.78. The van der Waals surface area contributed by atoms with Gasteiger partial charge >= 0.3 is 0 Å². The second-order valence-electron chi connectivity index (χ2n) is 8.69. The van der Waals surface area contributed by atoms with E-state index >= 15 is 0 Å². The molecule has 7 heteroatoms. The molecule has 1 fully saturated rings. The van der Waals surface area contributed by atoms with Gasteiger partial charge in [0.2, 0.25) is 5.91 Å². The van der Waals surface area contributed by atoms with Crippen molar-refractivity contribution in [3.8, 4) is 11.5 Å². The summed E-state index contributed by atoms with van der Waals surface area (Å²) in [5.41, 5.74) is 1.92. The topological polar surface area (TPSA) is 60.0 Å². The molecular weight excluding hydrogens is 411 g/mol. The predicted octanol–water partition coefficient (Wildman–Crippen LogP) is 3.87. The number of rotatable bonds is 6. The van der Waals surface area contributed by atoms with Crippen LogP contribution in [0.1, 0.15) is 43.5 Å². The maximum atomic E-state index is 13.2. The van der Waals surface area contributed by atoms with Gasteiger partial charge in [0.15, 0.2) is 11.5 Å². The standard InChI is InChI=1S/C25H31FN2O4/c1-17(2)25(19-6-9-21-22(14-19)31-12-3-11-30-21)27-24(29)16-28-10-13-32-23(15-28)18-4-7-20(26)8-5-18/h4-9,14,17,23,25H,3,10-13,15-16H2,1-2H3,(H,27,29). The number of fused-ring (bicyclic) bond motifs is 1. The Morgan fingerprint density at radius 1 is 1.09 bits per heavy atom. The smallest absolute Gasteiger partial charge is 0.234 e. The predicted molar refractivity (Wildman–Crippen MR) is 119 cm³/mol. The summed E-state index contributed by atoms with van der Waals surface area (Å²) in [6, 6.07) is 12.1. The number of ether oxygens (including phenoxy) is 3. The van der Waals surface area contributed by atoms with Gasteiger partial charge in [0.25, 0.3) is 0 Å².